The van der Waals surface area contributed by atoms with E-state index in [1.54, 1.807) is 0 Å². The summed E-state index contributed by atoms with van der Waals surface area (Å²) in [6.07, 6.45) is -2.92. The second-order valence-corrected chi connectivity index (χ2v) is 7.68. The monoisotopic (exact) mass is 356 g/mol. The number of likely N-dealkylation sites (N-methyl/N-ethyl adjacent to an activating group) is 1. The third kappa shape index (κ3) is 3.40. The molecule has 0 bridgehead atoms. The van der Waals surface area contributed by atoms with E-state index in [-0.39, 0.29) is 17.5 Å². The van der Waals surface area contributed by atoms with Crippen LogP contribution in [0.25, 0.3) is 0 Å². The van der Waals surface area contributed by atoms with E-state index in [4.69, 9.17) is 17.3 Å². The predicted molar refractivity (Wildman–Crippen MR) is 77.0 cm³/mol. The highest BCUT2D eigenvalue weighted by Crippen LogP contribution is 2.38. The average Bonchev–Trinajstić information content (AvgIpc) is 3.23. The van der Waals surface area contributed by atoms with Crippen LogP contribution in [0.5, 0.6) is 0 Å². The van der Waals surface area contributed by atoms with Gasteiger partial charge in [0.05, 0.1) is 10.6 Å². The Hall–Kier alpha value is -0.830. The van der Waals surface area contributed by atoms with Crippen LogP contribution >= 0.6 is 11.6 Å². The Morgan fingerprint density at radius 1 is 1.41 bits per heavy atom. The zero-order chi connectivity index (χ0) is 16.7. The molecule has 1 unspecified atom stereocenters. The van der Waals surface area contributed by atoms with Gasteiger partial charge in [-0.05, 0) is 37.0 Å². The summed E-state index contributed by atoms with van der Waals surface area (Å²) in [4.78, 5) is -0.550. The van der Waals surface area contributed by atoms with Crippen molar-refractivity contribution in [3.8, 4) is 0 Å². The summed E-state index contributed by atoms with van der Waals surface area (Å²) in [6.45, 7) is 0.108. The van der Waals surface area contributed by atoms with Gasteiger partial charge in [0, 0.05) is 19.6 Å². The summed E-state index contributed by atoms with van der Waals surface area (Å²) >= 11 is 5.81. The van der Waals surface area contributed by atoms with Crippen LogP contribution in [0.3, 0.4) is 0 Å². The number of rotatable bonds is 5. The van der Waals surface area contributed by atoms with Crippen molar-refractivity contribution in [3.05, 3.63) is 28.8 Å². The molecule has 1 fully saturated rings. The van der Waals surface area contributed by atoms with E-state index in [0.717, 1.165) is 29.3 Å². The minimum absolute atomic E-state index is 0.108. The molecular formula is C13H16ClF3N2O2S. The standard InChI is InChI=1S/C13H16ClF3N2O2S/c1-19(11(7-18)8-2-3-8)22(20,21)12-6-9(13(15,16)17)4-5-10(12)14/h4-6,8,11H,2-3,7,18H2,1H3. The first kappa shape index (κ1) is 17.5. The van der Waals surface area contributed by atoms with Gasteiger partial charge in [-0.3, -0.25) is 0 Å². The van der Waals surface area contributed by atoms with Gasteiger partial charge in [-0.2, -0.15) is 17.5 Å². The van der Waals surface area contributed by atoms with Crippen LogP contribution in [0, 0.1) is 5.92 Å². The molecule has 1 aromatic carbocycles. The number of sulfonamides is 1. The first-order valence-corrected chi connectivity index (χ1v) is 8.45. The van der Waals surface area contributed by atoms with E-state index in [0.29, 0.717) is 6.07 Å². The summed E-state index contributed by atoms with van der Waals surface area (Å²) in [6, 6.07) is 1.83. The number of nitrogens with two attached hydrogens (primary N) is 1. The Morgan fingerprint density at radius 3 is 2.45 bits per heavy atom. The maximum Gasteiger partial charge on any atom is 0.416 e. The molecule has 124 valence electrons. The van der Waals surface area contributed by atoms with Gasteiger partial charge >= 0.3 is 6.18 Å². The molecule has 0 amide bonds. The lowest BCUT2D eigenvalue weighted by Crippen LogP contribution is -2.43. The number of hydrogen-bond donors (Lipinski definition) is 1. The first-order valence-electron chi connectivity index (χ1n) is 6.64. The van der Waals surface area contributed by atoms with Crippen molar-refractivity contribution in [2.24, 2.45) is 11.7 Å². The van der Waals surface area contributed by atoms with E-state index in [2.05, 4.69) is 0 Å². The Balaban J connectivity index is 2.44. The molecular weight excluding hydrogens is 341 g/mol. The topological polar surface area (TPSA) is 63.4 Å². The van der Waals surface area contributed by atoms with Crippen LogP contribution in [-0.2, 0) is 16.2 Å². The Kier molecular flexibility index (Phi) is 4.77. The van der Waals surface area contributed by atoms with Crippen LogP contribution < -0.4 is 5.73 Å². The number of nitrogens with zero attached hydrogens (tertiary/aromatic N) is 1. The van der Waals surface area contributed by atoms with Crippen LogP contribution in [0.1, 0.15) is 18.4 Å². The minimum Gasteiger partial charge on any atom is -0.329 e. The first-order chi connectivity index (χ1) is 10.1. The molecule has 1 saturated carbocycles. The number of alkyl halides is 3. The number of halogens is 4. The molecule has 0 spiro atoms. The van der Waals surface area contributed by atoms with Crippen LogP contribution in [0.2, 0.25) is 5.02 Å². The largest absolute Gasteiger partial charge is 0.416 e. The lowest BCUT2D eigenvalue weighted by molar-refractivity contribution is -0.137. The molecule has 1 aliphatic carbocycles. The highest BCUT2D eigenvalue weighted by atomic mass is 35.5. The zero-order valence-corrected chi connectivity index (χ0v) is 13.3. The van der Waals surface area contributed by atoms with Gasteiger partial charge in [0.15, 0.2) is 0 Å². The smallest absolute Gasteiger partial charge is 0.329 e. The number of benzene rings is 1. The zero-order valence-electron chi connectivity index (χ0n) is 11.8. The molecule has 4 nitrogen and oxygen atoms in total. The van der Waals surface area contributed by atoms with E-state index in [1.165, 1.54) is 7.05 Å². The predicted octanol–water partition coefficient (Wildman–Crippen LogP) is 2.72. The van der Waals surface area contributed by atoms with Crippen LogP contribution in [-0.4, -0.2) is 32.4 Å². The van der Waals surface area contributed by atoms with E-state index in [1.807, 2.05) is 0 Å². The molecule has 0 aromatic heterocycles. The Bertz CT molecular complexity index is 660. The van der Waals surface area contributed by atoms with E-state index >= 15 is 0 Å². The fourth-order valence-corrected chi connectivity index (χ4v) is 4.25. The molecule has 2 N–H and O–H groups in total. The summed E-state index contributed by atoms with van der Waals surface area (Å²) < 4.78 is 64.5. The maximum absolute atomic E-state index is 12.8. The normalized spacial score (nSPS) is 17.8. The Morgan fingerprint density at radius 2 is 2.00 bits per heavy atom. The third-order valence-corrected chi connectivity index (χ3v) is 6.15. The summed E-state index contributed by atoms with van der Waals surface area (Å²) in [5.74, 6) is 0.148. The molecule has 0 aliphatic heterocycles. The molecule has 2 rings (SSSR count). The highest BCUT2D eigenvalue weighted by molar-refractivity contribution is 7.89. The lowest BCUT2D eigenvalue weighted by Gasteiger charge is -2.27. The second kappa shape index (κ2) is 5.99. The molecule has 1 aliphatic rings. The van der Waals surface area contributed by atoms with Gasteiger partial charge in [0.1, 0.15) is 4.90 Å². The summed E-state index contributed by atoms with van der Waals surface area (Å²) in [7, 11) is -2.83. The molecule has 1 atom stereocenters. The molecule has 0 heterocycles. The van der Waals surface area contributed by atoms with Crippen LogP contribution in [0.4, 0.5) is 13.2 Å². The third-order valence-electron chi connectivity index (χ3n) is 3.79. The van der Waals surface area contributed by atoms with Crippen molar-refractivity contribution in [1.82, 2.24) is 4.31 Å². The van der Waals surface area contributed by atoms with Gasteiger partial charge in [-0.1, -0.05) is 11.6 Å². The minimum atomic E-state index is -4.64. The molecule has 9 heteroatoms. The Labute approximate surface area is 132 Å². The second-order valence-electron chi connectivity index (χ2n) is 5.30. The van der Waals surface area contributed by atoms with E-state index in [9.17, 15) is 21.6 Å². The average molecular weight is 357 g/mol. The SMILES string of the molecule is CN(C(CN)C1CC1)S(=O)(=O)c1cc(C(F)(F)F)ccc1Cl. The van der Waals surface area contributed by atoms with Gasteiger partial charge in [0.25, 0.3) is 0 Å². The van der Waals surface area contributed by atoms with Crippen molar-refractivity contribution in [2.45, 2.75) is 30.0 Å². The molecule has 1 aromatic rings. The van der Waals surface area contributed by atoms with Gasteiger partial charge in [0.2, 0.25) is 10.0 Å². The van der Waals surface area contributed by atoms with Crippen molar-refractivity contribution in [3.63, 3.8) is 0 Å². The van der Waals surface area contributed by atoms with Crippen molar-refractivity contribution in [2.75, 3.05) is 13.6 Å². The molecule has 0 radical (unpaired) electrons. The highest BCUT2D eigenvalue weighted by Gasteiger charge is 2.40. The summed E-state index contributed by atoms with van der Waals surface area (Å²) in [5, 5.41) is -0.244. The van der Waals surface area contributed by atoms with Gasteiger partial charge < -0.3 is 5.73 Å². The maximum atomic E-state index is 12.8. The van der Waals surface area contributed by atoms with Gasteiger partial charge in [-0.25, -0.2) is 8.42 Å². The van der Waals surface area contributed by atoms with Crippen molar-refractivity contribution in [1.29, 1.82) is 0 Å². The van der Waals surface area contributed by atoms with Crippen LogP contribution in [0.15, 0.2) is 23.1 Å². The molecule has 22 heavy (non-hydrogen) atoms. The van der Waals surface area contributed by atoms with E-state index < -0.39 is 32.7 Å². The lowest BCUT2D eigenvalue weighted by atomic mass is 10.2. The quantitative estimate of drug-likeness (QED) is 0.882. The van der Waals surface area contributed by atoms with Gasteiger partial charge in [-0.15, -0.1) is 0 Å². The fraction of sp³-hybridized carbons (Fsp3) is 0.538. The molecule has 0 saturated heterocycles. The van der Waals surface area contributed by atoms with Crippen molar-refractivity contribution < 1.29 is 21.6 Å². The fourth-order valence-electron chi connectivity index (χ4n) is 2.33. The van der Waals surface area contributed by atoms with Crippen molar-refractivity contribution >= 4 is 21.6 Å². The number of hydrogen-bond acceptors (Lipinski definition) is 3. The summed E-state index contributed by atoms with van der Waals surface area (Å²) in [5.41, 5.74) is 4.55.